The molecule has 2 N–H and O–H groups in total. The monoisotopic (exact) mass is 303 g/mol. The predicted octanol–water partition coefficient (Wildman–Crippen LogP) is 2.90. The van der Waals surface area contributed by atoms with Crippen molar-refractivity contribution in [2.75, 3.05) is 19.3 Å². The Morgan fingerprint density at radius 3 is 2.80 bits per heavy atom. The van der Waals surface area contributed by atoms with Gasteiger partial charge in [-0.05, 0) is 18.2 Å². The van der Waals surface area contributed by atoms with Crippen LogP contribution in [0.25, 0.3) is 10.2 Å². The van der Waals surface area contributed by atoms with Gasteiger partial charge in [0.1, 0.15) is 0 Å². The fourth-order valence-electron chi connectivity index (χ4n) is 1.69. The van der Waals surface area contributed by atoms with Crippen LogP contribution in [0.5, 0.6) is 0 Å². The van der Waals surface area contributed by atoms with E-state index in [1.54, 1.807) is 12.1 Å². The molecule has 108 valence electrons. The standard InChI is InChI=1S/C12H12F3N3OS/c1-18(5-4-12(13,14)15)10(19)7-2-3-8-9(6-7)20-11(16)17-8/h2-3,6H,4-5H2,1H3,(H2,16,17). The summed E-state index contributed by atoms with van der Waals surface area (Å²) >= 11 is 1.23. The molecular weight excluding hydrogens is 291 g/mol. The largest absolute Gasteiger partial charge is 0.390 e. The van der Waals surface area contributed by atoms with Crippen LogP contribution in [-0.4, -0.2) is 35.6 Å². The van der Waals surface area contributed by atoms with Crippen LogP contribution in [0.3, 0.4) is 0 Å². The highest BCUT2D eigenvalue weighted by atomic mass is 32.1. The third-order valence-corrected chi connectivity index (χ3v) is 3.58. The molecule has 0 atom stereocenters. The Morgan fingerprint density at radius 2 is 2.15 bits per heavy atom. The number of thiazole rings is 1. The molecule has 0 spiro atoms. The number of fused-ring (bicyclic) bond motifs is 1. The SMILES string of the molecule is CN(CCC(F)(F)F)C(=O)c1ccc2nc(N)sc2c1. The molecule has 0 aliphatic carbocycles. The van der Waals surface area contributed by atoms with Crippen LogP contribution >= 0.6 is 11.3 Å². The van der Waals surface area contributed by atoms with Crippen LogP contribution in [-0.2, 0) is 0 Å². The second-order valence-corrected chi connectivity index (χ2v) is 5.39. The highest BCUT2D eigenvalue weighted by Crippen LogP contribution is 2.25. The molecule has 2 aromatic rings. The van der Waals surface area contributed by atoms with E-state index in [4.69, 9.17) is 5.73 Å². The van der Waals surface area contributed by atoms with Gasteiger partial charge in [-0.3, -0.25) is 4.79 Å². The van der Waals surface area contributed by atoms with Crippen LogP contribution in [0.1, 0.15) is 16.8 Å². The summed E-state index contributed by atoms with van der Waals surface area (Å²) in [5.74, 6) is -0.455. The first-order chi connectivity index (χ1) is 9.26. The molecule has 1 amide bonds. The number of rotatable bonds is 3. The molecule has 8 heteroatoms. The Bertz CT molecular complexity index is 638. The van der Waals surface area contributed by atoms with Gasteiger partial charge in [-0.25, -0.2) is 4.98 Å². The third kappa shape index (κ3) is 3.38. The minimum absolute atomic E-state index is 0.325. The highest BCUT2D eigenvalue weighted by Gasteiger charge is 2.28. The first kappa shape index (κ1) is 14.6. The van der Waals surface area contributed by atoms with Crippen molar-refractivity contribution in [3.8, 4) is 0 Å². The first-order valence-corrected chi connectivity index (χ1v) is 6.56. The van der Waals surface area contributed by atoms with Gasteiger partial charge in [-0.15, -0.1) is 0 Å². The Hall–Kier alpha value is -1.83. The van der Waals surface area contributed by atoms with Gasteiger partial charge in [0.25, 0.3) is 5.91 Å². The van der Waals surface area contributed by atoms with Crippen LogP contribution in [0.4, 0.5) is 18.3 Å². The van der Waals surface area contributed by atoms with Crippen LogP contribution < -0.4 is 5.73 Å². The van der Waals surface area contributed by atoms with E-state index in [0.29, 0.717) is 16.2 Å². The topological polar surface area (TPSA) is 59.2 Å². The lowest BCUT2D eigenvalue weighted by Gasteiger charge is -2.18. The lowest BCUT2D eigenvalue weighted by molar-refractivity contribution is -0.136. The van der Waals surface area contributed by atoms with E-state index < -0.39 is 18.5 Å². The smallest absolute Gasteiger partial charge is 0.375 e. The maximum absolute atomic E-state index is 12.1. The Balaban J connectivity index is 2.13. The summed E-state index contributed by atoms with van der Waals surface area (Å²) in [6, 6.07) is 4.76. The molecule has 0 saturated heterocycles. The van der Waals surface area contributed by atoms with E-state index in [9.17, 15) is 18.0 Å². The molecule has 1 aromatic carbocycles. The van der Waals surface area contributed by atoms with Crippen molar-refractivity contribution in [1.82, 2.24) is 9.88 Å². The second-order valence-electron chi connectivity index (χ2n) is 4.33. The summed E-state index contributed by atoms with van der Waals surface area (Å²) in [5.41, 5.74) is 6.55. The van der Waals surface area contributed by atoms with E-state index in [2.05, 4.69) is 4.98 Å². The summed E-state index contributed by atoms with van der Waals surface area (Å²) < 4.78 is 37.1. The highest BCUT2D eigenvalue weighted by molar-refractivity contribution is 7.22. The average Bonchev–Trinajstić information content (AvgIpc) is 2.73. The third-order valence-electron chi connectivity index (χ3n) is 2.73. The number of aromatic nitrogens is 1. The Morgan fingerprint density at radius 1 is 1.45 bits per heavy atom. The molecule has 1 aromatic heterocycles. The zero-order valence-corrected chi connectivity index (χ0v) is 11.4. The molecule has 2 rings (SSSR count). The number of nitrogen functional groups attached to an aromatic ring is 1. The van der Waals surface area contributed by atoms with E-state index in [0.717, 1.165) is 9.60 Å². The normalized spacial score (nSPS) is 11.8. The number of hydrogen-bond acceptors (Lipinski definition) is 4. The van der Waals surface area contributed by atoms with E-state index in [1.165, 1.54) is 24.5 Å². The average molecular weight is 303 g/mol. The number of nitrogens with zero attached hydrogens (tertiary/aromatic N) is 2. The van der Waals surface area contributed by atoms with E-state index in [1.807, 2.05) is 0 Å². The van der Waals surface area contributed by atoms with E-state index in [-0.39, 0.29) is 6.54 Å². The van der Waals surface area contributed by atoms with Crippen molar-refractivity contribution in [3.63, 3.8) is 0 Å². The summed E-state index contributed by atoms with van der Waals surface area (Å²) in [4.78, 5) is 17.1. The van der Waals surface area contributed by atoms with Gasteiger partial charge in [0.2, 0.25) is 0 Å². The van der Waals surface area contributed by atoms with Crippen LogP contribution in [0, 0.1) is 0 Å². The zero-order chi connectivity index (χ0) is 14.9. The number of anilines is 1. The maximum Gasteiger partial charge on any atom is 0.390 e. The van der Waals surface area contributed by atoms with Gasteiger partial charge in [0.05, 0.1) is 16.6 Å². The van der Waals surface area contributed by atoms with Crippen molar-refractivity contribution >= 4 is 32.6 Å². The lowest BCUT2D eigenvalue weighted by atomic mass is 10.2. The van der Waals surface area contributed by atoms with E-state index >= 15 is 0 Å². The zero-order valence-electron chi connectivity index (χ0n) is 10.6. The van der Waals surface area contributed by atoms with Crippen molar-refractivity contribution in [2.24, 2.45) is 0 Å². The molecule has 0 aliphatic heterocycles. The first-order valence-electron chi connectivity index (χ1n) is 5.74. The molecule has 0 unspecified atom stereocenters. The van der Waals surface area contributed by atoms with Gasteiger partial charge in [0.15, 0.2) is 5.13 Å². The summed E-state index contributed by atoms with van der Waals surface area (Å²) in [6.45, 7) is -0.370. The summed E-state index contributed by atoms with van der Waals surface area (Å²) in [7, 11) is 1.35. The second kappa shape index (κ2) is 5.28. The van der Waals surface area contributed by atoms with Crippen LogP contribution in [0.2, 0.25) is 0 Å². The predicted molar refractivity (Wildman–Crippen MR) is 71.7 cm³/mol. The fourth-order valence-corrected chi connectivity index (χ4v) is 2.47. The number of halogens is 3. The minimum Gasteiger partial charge on any atom is -0.375 e. The molecule has 0 bridgehead atoms. The van der Waals surface area contributed by atoms with Crippen molar-refractivity contribution in [2.45, 2.75) is 12.6 Å². The number of hydrogen-bond donors (Lipinski definition) is 1. The molecule has 0 aliphatic rings. The molecule has 0 radical (unpaired) electrons. The van der Waals surface area contributed by atoms with Gasteiger partial charge >= 0.3 is 6.18 Å². The number of alkyl halides is 3. The molecule has 4 nitrogen and oxygen atoms in total. The van der Waals surface area contributed by atoms with Crippen molar-refractivity contribution in [3.05, 3.63) is 23.8 Å². The van der Waals surface area contributed by atoms with Crippen LogP contribution in [0.15, 0.2) is 18.2 Å². The number of nitrogens with two attached hydrogens (primary N) is 1. The number of benzene rings is 1. The van der Waals surface area contributed by atoms with Crippen molar-refractivity contribution in [1.29, 1.82) is 0 Å². The quantitative estimate of drug-likeness (QED) is 0.948. The number of amides is 1. The molecule has 0 fully saturated rings. The molecular formula is C12H12F3N3OS. The lowest BCUT2D eigenvalue weighted by Crippen LogP contribution is -2.30. The maximum atomic E-state index is 12.1. The Labute approximate surface area is 117 Å². The summed E-state index contributed by atoms with van der Waals surface area (Å²) in [5, 5.41) is 0.384. The summed E-state index contributed by atoms with van der Waals surface area (Å²) in [6.07, 6.45) is -5.30. The molecule has 1 heterocycles. The van der Waals surface area contributed by atoms with Gasteiger partial charge in [0, 0.05) is 19.2 Å². The van der Waals surface area contributed by atoms with Gasteiger partial charge < -0.3 is 10.6 Å². The number of carbonyl (C=O) groups is 1. The molecule has 20 heavy (non-hydrogen) atoms. The fraction of sp³-hybridized carbons (Fsp3) is 0.333. The minimum atomic E-state index is -4.27. The van der Waals surface area contributed by atoms with Gasteiger partial charge in [-0.1, -0.05) is 11.3 Å². The molecule has 0 saturated carbocycles. The Kier molecular flexibility index (Phi) is 3.85. The van der Waals surface area contributed by atoms with Crippen molar-refractivity contribution < 1.29 is 18.0 Å². The number of carbonyl (C=O) groups excluding carboxylic acids is 1. The van der Waals surface area contributed by atoms with Gasteiger partial charge in [-0.2, -0.15) is 13.2 Å².